The minimum Gasteiger partial charge on any atom is -0.374 e. The molecular weight excluding hydrogens is 124 g/mol. The SMILES string of the molecule is CCCCN=C(N)Cl. The minimum absolute atomic E-state index is 0.165. The number of nitrogens with zero attached hydrogens (tertiary/aromatic N) is 1. The van der Waals surface area contributed by atoms with Crippen molar-refractivity contribution in [2.24, 2.45) is 10.7 Å². The van der Waals surface area contributed by atoms with Gasteiger partial charge >= 0.3 is 0 Å². The molecule has 0 radical (unpaired) electrons. The van der Waals surface area contributed by atoms with Gasteiger partial charge in [-0.05, 0) is 18.0 Å². The van der Waals surface area contributed by atoms with Crippen molar-refractivity contribution < 1.29 is 0 Å². The lowest BCUT2D eigenvalue weighted by Gasteiger charge is -1.87. The molecule has 0 spiro atoms. The van der Waals surface area contributed by atoms with Crippen molar-refractivity contribution in [2.75, 3.05) is 6.54 Å². The van der Waals surface area contributed by atoms with Gasteiger partial charge in [-0.15, -0.1) is 0 Å². The van der Waals surface area contributed by atoms with Gasteiger partial charge in [0.2, 0.25) is 0 Å². The van der Waals surface area contributed by atoms with E-state index in [2.05, 4.69) is 11.9 Å². The molecule has 0 aliphatic rings. The van der Waals surface area contributed by atoms with Gasteiger partial charge in [0, 0.05) is 6.54 Å². The first-order valence-electron chi connectivity index (χ1n) is 2.72. The fourth-order valence-electron chi connectivity index (χ4n) is 0.344. The Labute approximate surface area is 54.7 Å². The van der Waals surface area contributed by atoms with Crippen LogP contribution >= 0.6 is 11.6 Å². The number of rotatable bonds is 3. The molecular formula is C5H11ClN2. The van der Waals surface area contributed by atoms with Crippen LogP contribution in [0, 0.1) is 0 Å². The van der Waals surface area contributed by atoms with E-state index >= 15 is 0 Å². The van der Waals surface area contributed by atoms with Crippen LogP contribution in [0.15, 0.2) is 4.99 Å². The number of aliphatic imine (C=N–C) groups is 1. The first-order valence-corrected chi connectivity index (χ1v) is 3.10. The molecule has 0 heterocycles. The molecule has 0 unspecified atom stereocenters. The van der Waals surface area contributed by atoms with E-state index in [1.54, 1.807) is 0 Å². The largest absolute Gasteiger partial charge is 0.374 e. The molecule has 0 aromatic carbocycles. The van der Waals surface area contributed by atoms with Crippen LogP contribution in [0.1, 0.15) is 19.8 Å². The maximum absolute atomic E-state index is 5.24. The van der Waals surface area contributed by atoms with Crippen LogP contribution in [0.5, 0.6) is 0 Å². The zero-order chi connectivity index (χ0) is 6.41. The van der Waals surface area contributed by atoms with Crippen molar-refractivity contribution >= 4 is 16.9 Å². The summed E-state index contributed by atoms with van der Waals surface area (Å²) in [6.07, 6.45) is 2.20. The van der Waals surface area contributed by atoms with E-state index in [0.29, 0.717) is 0 Å². The van der Waals surface area contributed by atoms with E-state index in [9.17, 15) is 0 Å². The number of nitrogens with two attached hydrogens (primary N) is 1. The van der Waals surface area contributed by atoms with Crippen LogP contribution in [0.2, 0.25) is 0 Å². The Bertz CT molecular complexity index is 76.5. The molecule has 0 saturated heterocycles. The summed E-state index contributed by atoms with van der Waals surface area (Å²) in [6.45, 7) is 2.85. The molecule has 0 amide bonds. The van der Waals surface area contributed by atoms with Gasteiger partial charge in [0.15, 0.2) is 5.29 Å². The van der Waals surface area contributed by atoms with Gasteiger partial charge < -0.3 is 5.73 Å². The van der Waals surface area contributed by atoms with E-state index < -0.39 is 0 Å². The number of amidine groups is 1. The molecule has 0 rings (SSSR count). The highest BCUT2D eigenvalue weighted by atomic mass is 35.5. The van der Waals surface area contributed by atoms with Gasteiger partial charge in [0.1, 0.15) is 0 Å². The molecule has 0 aromatic heterocycles. The maximum atomic E-state index is 5.24. The smallest absolute Gasteiger partial charge is 0.188 e. The minimum atomic E-state index is 0.165. The van der Waals surface area contributed by atoms with E-state index in [-0.39, 0.29) is 5.29 Å². The van der Waals surface area contributed by atoms with Crippen molar-refractivity contribution in [3.8, 4) is 0 Å². The van der Waals surface area contributed by atoms with E-state index in [4.69, 9.17) is 17.3 Å². The van der Waals surface area contributed by atoms with E-state index in [0.717, 1.165) is 19.4 Å². The third-order valence-electron chi connectivity index (χ3n) is 0.775. The summed E-state index contributed by atoms with van der Waals surface area (Å²) in [6, 6.07) is 0. The standard InChI is InChI=1S/C5H11ClN2/c1-2-3-4-8-5(6)7/h2-4H2,1H3,(H2,7,8). The Morgan fingerprint density at radius 1 is 1.75 bits per heavy atom. The average molecular weight is 135 g/mol. The van der Waals surface area contributed by atoms with Gasteiger partial charge in [-0.2, -0.15) is 0 Å². The summed E-state index contributed by atoms with van der Waals surface area (Å²) in [5, 5.41) is 0.165. The van der Waals surface area contributed by atoms with Crippen LogP contribution in [-0.4, -0.2) is 11.8 Å². The van der Waals surface area contributed by atoms with Crippen LogP contribution < -0.4 is 5.73 Å². The van der Waals surface area contributed by atoms with Gasteiger partial charge in [-0.25, -0.2) is 0 Å². The fraction of sp³-hybridized carbons (Fsp3) is 0.800. The lowest BCUT2D eigenvalue weighted by molar-refractivity contribution is 0.809. The second-order valence-electron chi connectivity index (χ2n) is 1.56. The number of hydrogen-bond donors (Lipinski definition) is 1. The van der Waals surface area contributed by atoms with Gasteiger partial charge in [0.05, 0.1) is 0 Å². The molecule has 0 aliphatic carbocycles. The normalized spacial score (nSPS) is 12.0. The summed E-state index contributed by atoms with van der Waals surface area (Å²) in [5.41, 5.74) is 5.05. The molecule has 0 saturated carbocycles. The number of unbranched alkanes of at least 4 members (excludes halogenated alkanes) is 1. The van der Waals surface area contributed by atoms with Crippen molar-refractivity contribution in [1.82, 2.24) is 0 Å². The van der Waals surface area contributed by atoms with Crippen LogP contribution in [0.25, 0.3) is 0 Å². The molecule has 0 aliphatic heterocycles. The Hall–Kier alpha value is -0.240. The molecule has 48 valence electrons. The lowest BCUT2D eigenvalue weighted by atomic mass is 10.3. The highest BCUT2D eigenvalue weighted by molar-refractivity contribution is 6.64. The molecule has 2 nitrogen and oxygen atoms in total. The topological polar surface area (TPSA) is 38.4 Å². The van der Waals surface area contributed by atoms with E-state index in [1.165, 1.54) is 0 Å². The summed E-state index contributed by atoms with van der Waals surface area (Å²) in [4.78, 5) is 3.77. The lowest BCUT2D eigenvalue weighted by Crippen LogP contribution is -2.02. The average Bonchev–Trinajstić information content (AvgIpc) is 1.66. The summed E-state index contributed by atoms with van der Waals surface area (Å²) in [5.74, 6) is 0. The molecule has 2 N–H and O–H groups in total. The molecule has 0 aromatic rings. The highest BCUT2D eigenvalue weighted by Crippen LogP contribution is 1.87. The summed E-state index contributed by atoms with van der Waals surface area (Å²) < 4.78 is 0. The monoisotopic (exact) mass is 134 g/mol. The van der Waals surface area contributed by atoms with E-state index in [1.807, 2.05) is 0 Å². The molecule has 8 heavy (non-hydrogen) atoms. The fourth-order valence-corrected chi connectivity index (χ4v) is 0.428. The first kappa shape index (κ1) is 7.76. The maximum Gasteiger partial charge on any atom is 0.188 e. The van der Waals surface area contributed by atoms with Crippen LogP contribution in [-0.2, 0) is 0 Å². The molecule has 0 atom stereocenters. The zero-order valence-electron chi connectivity index (χ0n) is 5.02. The second kappa shape index (κ2) is 4.91. The highest BCUT2D eigenvalue weighted by Gasteiger charge is 1.80. The number of hydrogen-bond acceptors (Lipinski definition) is 1. The quantitative estimate of drug-likeness (QED) is 0.269. The van der Waals surface area contributed by atoms with Gasteiger partial charge in [-0.1, -0.05) is 13.3 Å². The Balaban J connectivity index is 3.03. The second-order valence-corrected chi connectivity index (χ2v) is 1.95. The predicted octanol–water partition coefficient (Wildman–Crippen LogP) is 1.34. The molecule has 3 heteroatoms. The summed E-state index contributed by atoms with van der Waals surface area (Å²) >= 11 is 5.24. The van der Waals surface area contributed by atoms with Crippen molar-refractivity contribution in [3.05, 3.63) is 0 Å². The first-order chi connectivity index (χ1) is 3.77. The molecule has 0 bridgehead atoms. The van der Waals surface area contributed by atoms with Gasteiger partial charge in [0.25, 0.3) is 0 Å². The van der Waals surface area contributed by atoms with Crippen molar-refractivity contribution in [3.63, 3.8) is 0 Å². The van der Waals surface area contributed by atoms with Crippen molar-refractivity contribution in [2.45, 2.75) is 19.8 Å². The van der Waals surface area contributed by atoms with Crippen LogP contribution in [0.4, 0.5) is 0 Å². The Morgan fingerprint density at radius 3 is 2.75 bits per heavy atom. The van der Waals surface area contributed by atoms with Crippen LogP contribution in [0.3, 0.4) is 0 Å². The summed E-state index contributed by atoms with van der Waals surface area (Å²) in [7, 11) is 0. The Morgan fingerprint density at radius 2 is 2.38 bits per heavy atom. The molecule has 0 fully saturated rings. The third kappa shape index (κ3) is 5.76. The number of halogens is 1. The predicted molar refractivity (Wildman–Crippen MR) is 37.3 cm³/mol. The Kier molecular flexibility index (Phi) is 4.76. The van der Waals surface area contributed by atoms with Gasteiger partial charge in [-0.3, -0.25) is 4.99 Å². The van der Waals surface area contributed by atoms with Crippen molar-refractivity contribution in [1.29, 1.82) is 0 Å². The zero-order valence-corrected chi connectivity index (χ0v) is 5.78. The third-order valence-corrected chi connectivity index (χ3v) is 0.894.